The largest absolute Gasteiger partial charge is 0.493 e. The monoisotopic (exact) mass is 287 g/mol. The number of ether oxygens (including phenoxy) is 1. The van der Waals surface area contributed by atoms with E-state index in [1.165, 1.54) is 5.56 Å². The molecule has 0 spiro atoms. The number of benzene rings is 1. The molecule has 1 aromatic heterocycles. The minimum Gasteiger partial charge on any atom is -0.493 e. The molecule has 0 aliphatic carbocycles. The Morgan fingerprint density at radius 3 is 3.19 bits per heavy atom. The van der Waals surface area contributed by atoms with Gasteiger partial charge in [-0.3, -0.25) is 4.79 Å². The molecule has 110 valence electrons. The zero-order chi connectivity index (χ0) is 14.7. The fourth-order valence-corrected chi connectivity index (χ4v) is 2.46. The van der Waals surface area contributed by atoms with E-state index in [9.17, 15) is 4.79 Å². The summed E-state index contributed by atoms with van der Waals surface area (Å²) in [6, 6.07) is 6.11. The summed E-state index contributed by atoms with van der Waals surface area (Å²) in [5, 5.41) is 16.4. The van der Waals surface area contributed by atoms with Gasteiger partial charge in [-0.1, -0.05) is 24.3 Å². The number of carbonyl (C=O) groups excluding carboxylic acids is 1. The summed E-state index contributed by atoms with van der Waals surface area (Å²) >= 11 is 0. The Morgan fingerprint density at radius 1 is 1.52 bits per heavy atom. The molecule has 2 aromatic rings. The van der Waals surface area contributed by atoms with E-state index in [4.69, 9.17) is 4.74 Å². The van der Waals surface area contributed by atoms with E-state index in [0.717, 1.165) is 24.2 Å². The molecule has 1 aromatic carbocycles. The average molecular weight is 287 g/mol. The molecule has 0 saturated carbocycles. The van der Waals surface area contributed by atoms with Crippen LogP contribution in [0.4, 0.5) is 0 Å². The van der Waals surface area contributed by atoms with E-state index in [0.29, 0.717) is 12.4 Å². The van der Waals surface area contributed by atoms with Crippen molar-refractivity contribution in [3.8, 4) is 5.75 Å². The van der Waals surface area contributed by atoms with Gasteiger partial charge in [-0.2, -0.15) is 5.21 Å². The summed E-state index contributed by atoms with van der Waals surface area (Å²) in [4.78, 5) is 12.1. The van der Waals surface area contributed by atoms with Crippen LogP contribution in [0.15, 0.2) is 18.2 Å². The van der Waals surface area contributed by atoms with Crippen molar-refractivity contribution in [2.24, 2.45) is 0 Å². The Kier molecular flexibility index (Phi) is 3.81. The highest BCUT2D eigenvalue weighted by Crippen LogP contribution is 2.32. The van der Waals surface area contributed by atoms with Gasteiger partial charge in [0.15, 0.2) is 5.82 Å². The number of aromatic nitrogens is 4. The molecule has 0 bridgehead atoms. The fraction of sp³-hybridized carbons (Fsp3) is 0.429. The highest BCUT2D eigenvalue weighted by atomic mass is 16.5. The van der Waals surface area contributed by atoms with Crippen LogP contribution in [-0.2, 0) is 17.6 Å². The Labute approximate surface area is 122 Å². The van der Waals surface area contributed by atoms with Crippen LogP contribution in [0.1, 0.15) is 36.3 Å². The molecule has 1 atom stereocenters. The second kappa shape index (κ2) is 5.90. The van der Waals surface area contributed by atoms with Crippen LogP contribution in [0.3, 0.4) is 0 Å². The van der Waals surface area contributed by atoms with E-state index in [1.54, 1.807) is 0 Å². The van der Waals surface area contributed by atoms with E-state index in [1.807, 2.05) is 6.07 Å². The predicted octanol–water partition coefficient (Wildman–Crippen LogP) is 0.945. The minimum atomic E-state index is -0.115. The first-order valence-electron chi connectivity index (χ1n) is 7.03. The van der Waals surface area contributed by atoms with Crippen LogP contribution in [0.25, 0.3) is 0 Å². The summed E-state index contributed by atoms with van der Waals surface area (Å²) in [6.07, 6.45) is 1.84. The lowest BCUT2D eigenvalue weighted by molar-refractivity contribution is -0.121. The van der Waals surface area contributed by atoms with Gasteiger partial charge in [-0.15, -0.1) is 10.2 Å². The molecular formula is C14H17N5O2. The fourth-order valence-electron chi connectivity index (χ4n) is 2.46. The number of hydrogen-bond donors (Lipinski definition) is 2. The predicted molar refractivity (Wildman–Crippen MR) is 74.7 cm³/mol. The van der Waals surface area contributed by atoms with Crippen molar-refractivity contribution in [1.29, 1.82) is 0 Å². The van der Waals surface area contributed by atoms with Crippen molar-refractivity contribution in [2.75, 3.05) is 6.61 Å². The number of carbonyl (C=O) groups is 1. The number of rotatable bonds is 4. The lowest BCUT2D eigenvalue weighted by atomic mass is 9.97. The maximum Gasteiger partial charge on any atom is 0.228 e. The van der Waals surface area contributed by atoms with Gasteiger partial charge in [0, 0.05) is 12.0 Å². The van der Waals surface area contributed by atoms with Gasteiger partial charge >= 0.3 is 0 Å². The molecule has 7 nitrogen and oxygen atoms in total. The van der Waals surface area contributed by atoms with E-state index >= 15 is 0 Å². The number of fused-ring (bicyclic) bond motifs is 1. The van der Waals surface area contributed by atoms with Crippen LogP contribution in [0, 0.1) is 0 Å². The first kappa shape index (κ1) is 13.5. The van der Waals surface area contributed by atoms with E-state index in [-0.39, 0.29) is 18.4 Å². The molecule has 0 saturated heterocycles. The van der Waals surface area contributed by atoms with Crippen molar-refractivity contribution in [2.45, 2.75) is 32.2 Å². The van der Waals surface area contributed by atoms with Crippen molar-refractivity contribution in [3.63, 3.8) is 0 Å². The highest BCUT2D eigenvalue weighted by Gasteiger charge is 2.23. The molecule has 2 heterocycles. The van der Waals surface area contributed by atoms with Gasteiger partial charge in [-0.05, 0) is 18.1 Å². The van der Waals surface area contributed by atoms with E-state index < -0.39 is 0 Å². The van der Waals surface area contributed by atoms with Crippen LogP contribution in [-0.4, -0.2) is 33.1 Å². The molecule has 3 rings (SSSR count). The molecule has 0 radical (unpaired) electrons. The number of aromatic amines is 1. The second-order valence-corrected chi connectivity index (χ2v) is 4.99. The smallest absolute Gasteiger partial charge is 0.228 e. The Hall–Kier alpha value is -2.44. The molecule has 1 aliphatic heterocycles. The van der Waals surface area contributed by atoms with Gasteiger partial charge in [0.25, 0.3) is 0 Å². The third-order valence-electron chi connectivity index (χ3n) is 3.57. The number of tetrazole rings is 1. The first-order valence-corrected chi connectivity index (χ1v) is 7.03. The van der Waals surface area contributed by atoms with Crippen molar-refractivity contribution in [1.82, 2.24) is 25.9 Å². The molecule has 7 heteroatoms. The first-order chi connectivity index (χ1) is 10.3. The SMILES string of the molecule is CCc1ccc2c(c1)[C@@H](NC(=O)Cc1nn[nH]n1)CCO2. The highest BCUT2D eigenvalue weighted by molar-refractivity contribution is 5.78. The number of aryl methyl sites for hydroxylation is 1. The van der Waals surface area contributed by atoms with Crippen LogP contribution >= 0.6 is 0 Å². The Morgan fingerprint density at radius 2 is 2.43 bits per heavy atom. The number of hydrogen-bond acceptors (Lipinski definition) is 5. The lowest BCUT2D eigenvalue weighted by Crippen LogP contribution is -2.33. The zero-order valence-corrected chi connectivity index (χ0v) is 11.8. The van der Waals surface area contributed by atoms with Gasteiger partial charge in [0.2, 0.25) is 5.91 Å². The Balaban J connectivity index is 1.73. The normalized spacial score (nSPS) is 16.9. The van der Waals surface area contributed by atoms with E-state index in [2.05, 4.69) is 45.0 Å². The topological polar surface area (TPSA) is 92.8 Å². The summed E-state index contributed by atoms with van der Waals surface area (Å²) in [6.45, 7) is 2.71. The molecule has 1 amide bonds. The van der Waals surface area contributed by atoms with Crippen molar-refractivity contribution in [3.05, 3.63) is 35.2 Å². The maximum absolute atomic E-state index is 12.1. The Bertz CT molecular complexity index is 626. The molecule has 0 fully saturated rings. The summed E-state index contributed by atoms with van der Waals surface area (Å²) in [5.74, 6) is 1.13. The lowest BCUT2D eigenvalue weighted by Gasteiger charge is -2.27. The summed E-state index contributed by atoms with van der Waals surface area (Å²) in [5.41, 5.74) is 2.28. The standard InChI is InChI=1S/C14H17N5O2/c1-2-9-3-4-12-10(7-9)11(5-6-21-12)15-14(20)8-13-16-18-19-17-13/h3-4,7,11H,2,5-6,8H2,1H3,(H,15,20)(H,16,17,18,19)/t11-/m0/s1. The zero-order valence-electron chi connectivity index (χ0n) is 11.8. The van der Waals surface area contributed by atoms with Crippen LogP contribution in [0.5, 0.6) is 5.75 Å². The third kappa shape index (κ3) is 3.01. The third-order valence-corrected chi connectivity index (χ3v) is 3.57. The van der Waals surface area contributed by atoms with Gasteiger partial charge in [0.1, 0.15) is 5.75 Å². The van der Waals surface area contributed by atoms with Gasteiger partial charge in [-0.25, -0.2) is 0 Å². The van der Waals surface area contributed by atoms with Crippen molar-refractivity contribution >= 4 is 5.91 Å². The number of nitrogens with zero attached hydrogens (tertiary/aromatic N) is 3. The number of amides is 1. The van der Waals surface area contributed by atoms with Crippen LogP contribution < -0.4 is 10.1 Å². The minimum absolute atomic E-state index is 0.0281. The molecule has 0 unspecified atom stereocenters. The summed E-state index contributed by atoms with van der Waals surface area (Å²) in [7, 11) is 0. The molecular weight excluding hydrogens is 270 g/mol. The van der Waals surface area contributed by atoms with Crippen LogP contribution in [0.2, 0.25) is 0 Å². The number of nitrogens with one attached hydrogen (secondary N) is 2. The maximum atomic E-state index is 12.1. The molecule has 21 heavy (non-hydrogen) atoms. The van der Waals surface area contributed by atoms with Gasteiger partial charge < -0.3 is 10.1 Å². The quantitative estimate of drug-likeness (QED) is 0.873. The number of H-pyrrole nitrogens is 1. The molecule has 2 N–H and O–H groups in total. The summed E-state index contributed by atoms with van der Waals surface area (Å²) < 4.78 is 5.65. The van der Waals surface area contributed by atoms with Crippen molar-refractivity contribution < 1.29 is 9.53 Å². The molecule has 1 aliphatic rings. The average Bonchev–Trinajstić information content (AvgIpc) is 3.00. The van der Waals surface area contributed by atoms with Gasteiger partial charge in [0.05, 0.1) is 19.1 Å². The second-order valence-electron chi connectivity index (χ2n) is 4.99.